The molecule has 1 aliphatic heterocycles. The van der Waals surface area contributed by atoms with E-state index in [2.05, 4.69) is 10.6 Å². The number of carboxylic acids is 1. The van der Waals surface area contributed by atoms with Crippen LogP contribution < -0.4 is 27.8 Å². The van der Waals surface area contributed by atoms with Crippen molar-refractivity contribution in [3.63, 3.8) is 0 Å². The van der Waals surface area contributed by atoms with Gasteiger partial charge in [-0.05, 0) is 38.0 Å². The number of aliphatic carboxylic acids is 1. The molecule has 0 aromatic heterocycles. The van der Waals surface area contributed by atoms with Crippen molar-refractivity contribution < 1.29 is 33.9 Å². The van der Waals surface area contributed by atoms with Gasteiger partial charge < -0.3 is 37.8 Å². The number of nitrogens with two attached hydrogens (primary N) is 3. The molecule has 0 aliphatic carbocycles. The summed E-state index contributed by atoms with van der Waals surface area (Å²) in [5.41, 5.74) is 16.1. The van der Waals surface area contributed by atoms with Crippen molar-refractivity contribution >= 4 is 35.5 Å². The molecule has 0 spiro atoms. The number of carbonyl (C=O) groups is 6. The highest BCUT2D eigenvalue weighted by Crippen LogP contribution is 2.20. The van der Waals surface area contributed by atoms with Gasteiger partial charge in [0.1, 0.15) is 18.1 Å². The first-order valence-electron chi connectivity index (χ1n) is 11.3. The Balaban J connectivity index is 2.99. The van der Waals surface area contributed by atoms with Gasteiger partial charge in [0.05, 0.1) is 6.04 Å². The Kier molecular flexibility index (Phi) is 11.4. The molecule has 0 saturated carbocycles. The van der Waals surface area contributed by atoms with Gasteiger partial charge in [0, 0.05) is 19.4 Å². The van der Waals surface area contributed by atoms with Gasteiger partial charge in [-0.3, -0.25) is 24.0 Å². The monoisotopic (exact) mass is 484 g/mol. The fourth-order valence-electron chi connectivity index (χ4n) is 3.71. The van der Waals surface area contributed by atoms with Crippen molar-refractivity contribution in [3.05, 3.63) is 0 Å². The standard InChI is InChI=1S/C21H36N6O7/c1-11(2)10-14(26-18(30)12(22)5-7-16(23)28)19(31)25-13(6-8-17(24)29)20(32)27-9-3-4-15(27)21(33)34/h11-15H,3-10,22H2,1-2H3,(H2,23,28)(H2,24,29)(H,25,31)(H,26,30)(H,33,34). The van der Waals surface area contributed by atoms with E-state index < -0.39 is 59.7 Å². The number of hydrogen-bond donors (Lipinski definition) is 6. The van der Waals surface area contributed by atoms with E-state index in [-0.39, 0.29) is 51.0 Å². The van der Waals surface area contributed by atoms with Gasteiger partial charge in [0.2, 0.25) is 29.5 Å². The Labute approximate surface area is 198 Å². The van der Waals surface area contributed by atoms with Crippen molar-refractivity contribution in [1.29, 1.82) is 0 Å². The lowest BCUT2D eigenvalue weighted by Crippen LogP contribution is -2.57. The largest absolute Gasteiger partial charge is 0.480 e. The van der Waals surface area contributed by atoms with Crippen LogP contribution in [-0.4, -0.2) is 76.2 Å². The van der Waals surface area contributed by atoms with E-state index in [1.54, 1.807) is 0 Å². The first kappa shape index (κ1) is 28.8. The summed E-state index contributed by atoms with van der Waals surface area (Å²) in [5, 5.41) is 14.5. The van der Waals surface area contributed by atoms with Gasteiger partial charge in [-0.1, -0.05) is 13.8 Å². The Bertz CT molecular complexity index is 788. The van der Waals surface area contributed by atoms with Gasteiger partial charge in [-0.25, -0.2) is 4.79 Å². The lowest BCUT2D eigenvalue weighted by molar-refractivity contribution is -0.149. The zero-order valence-electron chi connectivity index (χ0n) is 19.6. The number of hydrogen-bond acceptors (Lipinski definition) is 7. The van der Waals surface area contributed by atoms with Gasteiger partial charge >= 0.3 is 5.97 Å². The molecule has 0 aromatic carbocycles. The molecule has 0 aromatic rings. The second-order valence-corrected chi connectivity index (χ2v) is 8.90. The molecule has 1 heterocycles. The summed E-state index contributed by atoms with van der Waals surface area (Å²) in [4.78, 5) is 73.5. The smallest absolute Gasteiger partial charge is 0.326 e. The molecule has 13 nitrogen and oxygen atoms in total. The molecule has 0 bridgehead atoms. The Morgan fingerprint density at radius 2 is 1.50 bits per heavy atom. The molecule has 34 heavy (non-hydrogen) atoms. The van der Waals surface area contributed by atoms with Gasteiger partial charge in [0.25, 0.3) is 0 Å². The first-order chi connectivity index (χ1) is 15.8. The maximum atomic E-state index is 13.1. The lowest BCUT2D eigenvalue weighted by atomic mass is 10.0. The van der Waals surface area contributed by atoms with Crippen LogP contribution in [0.5, 0.6) is 0 Å². The van der Waals surface area contributed by atoms with E-state index in [9.17, 15) is 33.9 Å². The Morgan fingerprint density at radius 3 is 2.03 bits per heavy atom. The number of carboxylic acid groups (broad SMARTS) is 1. The summed E-state index contributed by atoms with van der Waals surface area (Å²) in [6, 6.07) is -4.34. The van der Waals surface area contributed by atoms with Crippen LogP contribution in [0.3, 0.4) is 0 Å². The maximum Gasteiger partial charge on any atom is 0.326 e. The molecule has 1 fully saturated rings. The topological polar surface area (TPSA) is 228 Å². The van der Waals surface area contributed by atoms with Crippen LogP contribution in [0, 0.1) is 5.92 Å². The molecular formula is C21H36N6O7. The lowest BCUT2D eigenvalue weighted by Gasteiger charge is -2.29. The summed E-state index contributed by atoms with van der Waals surface area (Å²) in [6.07, 6.45) is 0.576. The van der Waals surface area contributed by atoms with Crippen molar-refractivity contribution in [3.8, 4) is 0 Å². The normalized spacial score (nSPS) is 18.1. The summed E-state index contributed by atoms with van der Waals surface area (Å²) < 4.78 is 0. The minimum absolute atomic E-state index is 0.00242. The molecule has 13 heteroatoms. The van der Waals surface area contributed by atoms with Crippen LogP contribution in [0.25, 0.3) is 0 Å². The second kappa shape index (κ2) is 13.5. The summed E-state index contributed by atoms with van der Waals surface area (Å²) in [7, 11) is 0. The number of rotatable bonds is 14. The van der Waals surface area contributed by atoms with Crippen LogP contribution in [-0.2, 0) is 28.8 Å². The molecule has 1 aliphatic rings. The number of nitrogens with zero attached hydrogens (tertiary/aromatic N) is 1. The minimum Gasteiger partial charge on any atom is -0.480 e. The maximum absolute atomic E-state index is 13.1. The molecule has 1 saturated heterocycles. The van der Waals surface area contributed by atoms with E-state index in [1.807, 2.05) is 13.8 Å². The van der Waals surface area contributed by atoms with E-state index >= 15 is 0 Å². The Hall–Kier alpha value is -3.22. The predicted molar refractivity (Wildman–Crippen MR) is 121 cm³/mol. The highest BCUT2D eigenvalue weighted by Gasteiger charge is 2.38. The predicted octanol–water partition coefficient (Wildman–Crippen LogP) is -2.06. The minimum atomic E-state index is -1.20. The quantitative estimate of drug-likeness (QED) is 0.160. The first-order valence-corrected chi connectivity index (χ1v) is 11.3. The molecule has 0 radical (unpaired) electrons. The zero-order valence-corrected chi connectivity index (χ0v) is 19.6. The highest BCUT2D eigenvalue weighted by molar-refractivity contribution is 5.94. The summed E-state index contributed by atoms with van der Waals surface area (Å²) >= 11 is 0. The average Bonchev–Trinajstić information content (AvgIpc) is 3.23. The van der Waals surface area contributed by atoms with Gasteiger partial charge in [-0.15, -0.1) is 0 Å². The number of carbonyl (C=O) groups excluding carboxylic acids is 5. The number of primary amides is 2. The summed E-state index contributed by atoms with van der Waals surface area (Å²) in [5.74, 6) is -4.45. The van der Waals surface area contributed by atoms with Crippen molar-refractivity contribution in [2.75, 3.05) is 6.54 Å². The van der Waals surface area contributed by atoms with E-state index in [0.717, 1.165) is 0 Å². The van der Waals surface area contributed by atoms with Crippen molar-refractivity contribution in [2.24, 2.45) is 23.1 Å². The van der Waals surface area contributed by atoms with Crippen LogP contribution in [0.1, 0.15) is 58.8 Å². The van der Waals surface area contributed by atoms with Crippen molar-refractivity contribution in [1.82, 2.24) is 15.5 Å². The zero-order chi connectivity index (χ0) is 26.0. The molecule has 9 N–H and O–H groups in total. The van der Waals surface area contributed by atoms with Crippen molar-refractivity contribution in [2.45, 2.75) is 83.0 Å². The van der Waals surface area contributed by atoms with Gasteiger partial charge in [-0.2, -0.15) is 0 Å². The van der Waals surface area contributed by atoms with Crippen LogP contribution in [0.4, 0.5) is 0 Å². The third-order valence-electron chi connectivity index (χ3n) is 5.49. The molecule has 1 rings (SSSR count). The third kappa shape index (κ3) is 9.33. The number of amides is 5. The number of nitrogens with one attached hydrogen (secondary N) is 2. The fraction of sp³-hybridized carbons (Fsp3) is 0.714. The third-order valence-corrected chi connectivity index (χ3v) is 5.49. The average molecular weight is 485 g/mol. The van der Waals surface area contributed by atoms with Crippen LogP contribution in [0.15, 0.2) is 0 Å². The molecule has 4 unspecified atom stereocenters. The molecule has 192 valence electrons. The number of likely N-dealkylation sites (tertiary alicyclic amines) is 1. The van der Waals surface area contributed by atoms with Crippen LogP contribution in [0.2, 0.25) is 0 Å². The highest BCUT2D eigenvalue weighted by atomic mass is 16.4. The van der Waals surface area contributed by atoms with E-state index in [4.69, 9.17) is 17.2 Å². The Morgan fingerprint density at radius 1 is 0.941 bits per heavy atom. The molecule has 4 atom stereocenters. The second-order valence-electron chi connectivity index (χ2n) is 8.90. The molecular weight excluding hydrogens is 448 g/mol. The van der Waals surface area contributed by atoms with E-state index in [1.165, 1.54) is 4.90 Å². The molecule has 5 amide bonds. The van der Waals surface area contributed by atoms with Gasteiger partial charge in [0.15, 0.2) is 0 Å². The SMILES string of the molecule is CC(C)CC(NC(=O)C(N)CCC(N)=O)C(=O)NC(CCC(N)=O)C(=O)N1CCCC1C(=O)O. The van der Waals surface area contributed by atoms with Crippen LogP contribution >= 0.6 is 0 Å². The van der Waals surface area contributed by atoms with E-state index in [0.29, 0.717) is 6.42 Å². The summed E-state index contributed by atoms with van der Waals surface area (Å²) in [6.45, 7) is 3.87. The fourth-order valence-corrected chi connectivity index (χ4v) is 3.71.